The summed E-state index contributed by atoms with van der Waals surface area (Å²) in [6.45, 7) is 0. The normalized spacial score (nSPS) is 16.5. The number of amides is 1. The first-order valence-electron chi connectivity index (χ1n) is 5.91. The number of carboxylic acid groups (broad SMARTS) is 1. The molecule has 102 valence electrons. The Kier molecular flexibility index (Phi) is 3.75. The smallest absolute Gasteiger partial charge is 0.329 e. The molecule has 1 fully saturated rings. The van der Waals surface area contributed by atoms with E-state index in [1.54, 1.807) is 6.07 Å². The molecule has 1 amide bonds. The van der Waals surface area contributed by atoms with Crippen LogP contribution in [0.1, 0.15) is 24.8 Å². The zero-order chi connectivity index (χ0) is 14.0. The molecule has 1 aromatic carbocycles. The highest BCUT2D eigenvalue weighted by atomic mass is 35.5. The van der Waals surface area contributed by atoms with Crippen LogP contribution in [0.2, 0.25) is 5.02 Å². The highest BCUT2D eigenvalue weighted by molar-refractivity contribution is 6.30. The van der Waals surface area contributed by atoms with E-state index in [9.17, 15) is 14.0 Å². The minimum absolute atomic E-state index is 0.00911. The van der Waals surface area contributed by atoms with E-state index in [2.05, 4.69) is 5.32 Å². The van der Waals surface area contributed by atoms with E-state index in [-0.39, 0.29) is 11.4 Å². The van der Waals surface area contributed by atoms with Gasteiger partial charge in [-0.05, 0) is 37.0 Å². The van der Waals surface area contributed by atoms with Crippen LogP contribution in [0, 0.1) is 5.82 Å². The lowest BCUT2D eigenvalue weighted by molar-refractivity contribution is -0.151. The first kappa shape index (κ1) is 13.8. The summed E-state index contributed by atoms with van der Waals surface area (Å²) in [6.07, 6.45) is 1.58. The Labute approximate surface area is 114 Å². The van der Waals surface area contributed by atoms with Crippen molar-refractivity contribution in [1.29, 1.82) is 0 Å². The van der Waals surface area contributed by atoms with Crippen LogP contribution in [-0.2, 0) is 16.0 Å². The average Bonchev–Trinajstić information content (AvgIpc) is 2.28. The maximum atomic E-state index is 13.2. The van der Waals surface area contributed by atoms with E-state index in [4.69, 9.17) is 16.7 Å². The maximum Gasteiger partial charge on any atom is 0.329 e. The molecule has 0 heterocycles. The third-order valence-corrected chi connectivity index (χ3v) is 3.65. The summed E-state index contributed by atoms with van der Waals surface area (Å²) < 4.78 is 13.2. The van der Waals surface area contributed by atoms with Crippen LogP contribution in [0.3, 0.4) is 0 Å². The van der Waals surface area contributed by atoms with Gasteiger partial charge in [-0.25, -0.2) is 9.18 Å². The zero-order valence-electron chi connectivity index (χ0n) is 10.1. The fourth-order valence-corrected chi connectivity index (χ4v) is 2.19. The fraction of sp³-hybridized carbons (Fsp3) is 0.385. The predicted molar refractivity (Wildman–Crippen MR) is 67.5 cm³/mol. The standard InChI is InChI=1S/C13H13ClFNO3/c14-9-3-2-8(6-10(9)15)7-11(17)16-13(12(18)19)4-1-5-13/h2-3,6H,1,4-5,7H2,(H,16,17)(H,18,19). The maximum absolute atomic E-state index is 13.2. The molecule has 0 atom stereocenters. The van der Waals surface area contributed by atoms with Crippen molar-refractivity contribution >= 4 is 23.5 Å². The average molecular weight is 286 g/mol. The second-order valence-corrected chi connectivity index (χ2v) is 5.12. The molecule has 0 bridgehead atoms. The molecule has 0 aromatic heterocycles. The van der Waals surface area contributed by atoms with Crippen molar-refractivity contribution in [1.82, 2.24) is 5.32 Å². The van der Waals surface area contributed by atoms with Gasteiger partial charge in [-0.1, -0.05) is 17.7 Å². The number of aliphatic carboxylic acids is 1. The molecule has 2 rings (SSSR count). The Morgan fingerprint density at radius 3 is 2.58 bits per heavy atom. The summed E-state index contributed by atoms with van der Waals surface area (Å²) in [7, 11) is 0. The molecule has 0 unspecified atom stereocenters. The minimum Gasteiger partial charge on any atom is -0.480 e. The van der Waals surface area contributed by atoms with Crippen molar-refractivity contribution in [2.24, 2.45) is 0 Å². The molecular formula is C13H13ClFNO3. The van der Waals surface area contributed by atoms with Crippen molar-refractivity contribution in [3.8, 4) is 0 Å². The van der Waals surface area contributed by atoms with Crippen LogP contribution in [0.25, 0.3) is 0 Å². The van der Waals surface area contributed by atoms with Gasteiger partial charge in [0.2, 0.25) is 5.91 Å². The first-order valence-corrected chi connectivity index (χ1v) is 6.29. The molecule has 0 radical (unpaired) electrons. The molecule has 1 aliphatic rings. The summed E-state index contributed by atoms with van der Waals surface area (Å²) in [6, 6.07) is 4.09. The van der Waals surface area contributed by atoms with Gasteiger partial charge in [0, 0.05) is 0 Å². The van der Waals surface area contributed by atoms with Gasteiger partial charge < -0.3 is 10.4 Å². The number of nitrogens with one attached hydrogen (secondary N) is 1. The van der Waals surface area contributed by atoms with Crippen LogP contribution in [-0.4, -0.2) is 22.5 Å². The van der Waals surface area contributed by atoms with Gasteiger partial charge in [0.05, 0.1) is 11.4 Å². The van der Waals surface area contributed by atoms with Gasteiger partial charge in [-0.2, -0.15) is 0 Å². The Hall–Kier alpha value is -1.62. The first-order chi connectivity index (χ1) is 8.93. The number of carbonyl (C=O) groups excluding carboxylic acids is 1. The van der Waals surface area contributed by atoms with Gasteiger partial charge in [0.15, 0.2) is 0 Å². The fourth-order valence-electron chi connectivity index (χ4n) is 2.07. The number of hydrogen-bond acceptors (Lipinski definition) is 2. The van der Waals surface area contributed by atoms with Crippen molar-refractivity contribution in [2.45, 2.75) is 31.2 Å². The van der Waals surface area contributed by atoms with E-state index in [0.29, 0.717) is 18.4 Å². The van der Waals surface area contributed by atoms with E-state index in [0.717, 1.165) is 6.42 Å². The molecule has 4 nitrogen and oxygen atoms in total. The number of hydrogen-bond donors (Lipinski definition) is 2. The molecule has 2 N–H and O–H groups in total. The second-order valence-electron chi connectivity index (χ2n) is 4.71. The van der Waals surface area contributed by atoms with E-state index >= 15 is 0 Å². The van der Waals surface area contributed by atoms with Gasteiger partial charge in [-0.3, -0.25) is 4.79 Å². The molecule has 1 aromatic rings. The third kappa shape index (κ3) is 2.87. The Bertz CT molecular complexity index is 529. The van der Waals surface area contributed by atoms with E-state index in [1.807, 2.05) is 0 Å². The highest BCUT2D eigenvalue weighted by Gasteiger charge is 2.45. The number of benzene rings is 1. The summed E-state index contributed by atoms with van der Waals surface area (Å²) in [5.74, 6) is -2.04. The Balaban J connectivity index is 2.01. The van der Waals surface area contributed by atoms with Crippen LogP contribution >= 0.6 is 11.6 Å². The zero-order valence-corrected chi connectivity index (χ0v) is 10.8. The SMILES string of the molecule is O=C(Cc1ccc(Cl)c(F)c1)NC1(C(=O)O)CCC1. The lowest BCUT2D eigenvalue weighted by atomic mass is 9.76. The lowest BCUT2D eigenvalue weighted by Crippen LogP contribution is -2.59. The summed E-state index contributed by atoms with van der Waals surface area (Å²) >= 11 is 5.54. The van der Waals surface area contributed by atoms with E-state index in [1.165, 1.54) is 12.1 Å². The number of carbonyl (C=O) groups is 2. The van der Waals surface area contributed by atoms with Crippen LogP contribution in [0.4, 0.5) is 4.39 Å². The topological polar surface area (TPSA) is 66.4 Å². The van der Waals surface area contributed by atoms with Gasteiger partial charge in [0.1, 0.15) is 11.4 Å². The highest BCUT2D eigenvalue weighted by Crippen LogP contribution is 2.32. The monoisotopic (exact) mass is 285 g/mol. The van der Waals surface area contributed by atoms with E-state index < -0.39 is 23.2 Å². The van der Waals surface area contributed by atoms with Crippen LogP contribution < -0.4 is 5.32 Å². The van der Waals surface area contributed by atoms with Crippen LogP contribution in [0.5, 0.6) is 0 Å². The van der Waals surface area contributed by atoms with Crippen LogP contribution in [0.15, 0.2) is 18.2 Å². The minimum atomic E-state index is -1.14. The summed E-state index contributed by atoms with van der Waals surface area (Å²) in [4.78, 5) is 22.9. The van der Waals surface area contributed by atoms with Gasteiger partial charge in [0.25, 0.3) is 0 Å². The van der Waals surface area contributed by atoms with Crippen molar-refractivity contribution in [3.63, 3.8) is 0 Å². The largest absolute Gasteiger partial charge is 0.480 e. The number of halogens is 2. The molecule has 0 saturated heterocycles. The summed E-state index contributed by atoms with van der Waals surface area (Å²) in [5.41, 5.74) is -0.679. The molecule has 19 heavy (non-hydrogen) atoms. The van der Waals surface area contributed by atoms with Gasteiger partial charge in [-0.15, -0.1) is 0 Å². The van der Waals surface area contributed by atoms with Crippen molar-refractivity contribution in [2.75, 3.05) is 0 Å². The Morgan fingerprint density at radius 2 is 2.11 bits per heavy atom. The summed E-state index contributed by atoms with van der Waals surface area (Å²) in [5, 5.41) is 11.6. The molecule has 6 heteroatoms. The molecule has 1 saturated carbocycles. The second kappa shape index (κ2) is 5.17. The quantitative estimate of drug-likeness (QED) is 0.891. The lowest BCUT2D eigenvalue weighted by Gasteiger charge is -2.38. The van der Waals surface area contributed by atoms with Crippen molar-refractivity contribution < 1.29 is 19.1 Å². The molecule has 1 aliphatic carbocycles. The van der Waals surface area contributed by atoms with Crippen molar-refractivity contribution in [3.05, 3.63) is 34.6 Å². The predicted octanol–water partition coefficient (Wildman–Crippen LogP) is 2.15. The number of rotatable bonds is 4. The molecule has 0 spiro atoms. The molecule has 0 aliphatic heterocycles. The number of carboxylic acids is 1. The molecular weight excluding hydrogens is 273 g/mol. The third-order valence-electron chi connectivity index (χ3n) is 3.34. The Morgan fingerprint density at radius 1 is 1.42 bits per heavy atom. The van der Waals surface area contributed by atoms with Gasteiger partial charge >= 0.3 is 5.97 Å².